The number of hydrogen-bond donors (Lipinski definition) is 0. The Hall–Kier alpha value is -1.59. The minimum Gasteiger partial charge on any atom is -0.462 e. The Kier molecular flexibility index (Phi) is 53.5. The van der Waals surface area contributed by atoms with Gasteiger partial charge in [0.05, 0.1) is 0 Å². The zero-order chi connectivity index (χ0) is 49.6. The number of carbonyl (C=O) groups excluding carboxylic acids is 3. The molecular weight excluding hydrogens is 841 g/mol. The molecule has 2 atom stereocenters. The first-order valence-corrected chi connectivity index (χ1v) is 30.8. The van der Waals surface area contributed by atoms with Crippen LogP contribution in [0.3, 0.4) is 0 Å². The molecule has 0 saturated carbocycles. The summed E-state index contributed by atoms with van der Waals surface area (Å²) in [6.07, 6.45) is 59.8. The van der Waals surface area contributed by atoms with Gasteiger partial charge in [0.2, 0.25) is 0 Å². The van der Waals surface area contributed by atoms with Crippen molar-refractivity contribution in [3.8, 4) is 0 Å². The van der Waals surface area contributed by atoms with Gasteiger partial charge in [0.1, 0.15) is 13.2 Å². The van der Waals surface area contributed by atoms with Crippen LogP contribution < -0.4 is 0 Å². The van der Waals surface area contributed by atoms with Crippen LogP contribution in [0, 0.1) is 11.8 Å². The number of esters is 3. The lowest BCUT2D eigenvalue weighted by Gasteiger charge is -2.18. The summed E-state index contributed by atoms with van der Waals surface area (Å²) in [6.45, 7) is 11.4. The second-order valence-corrected chi connectivity index (χ2v) is 22.1. The third kappa shape index (κ3) is 53.8. The Bertz CT molecular complexity index is 1040. The Labute approximate surface area is 425 Å². The molecule has 404 valence electrons. The van der Waals surface area contributed by atoms with Crippen molar-refractivity contribution in [2.45, 2.75) is 355 Å². The molecule has 0 radical (unpaired) electrons. The molecule has 0 aliphatic heterocycles. The van der Waals surface area contributed by atoms with Gasteiger partial charge in [-0.25, -0.2) is 0 Å². The third-order valence-electron chi connectivity index (χ3n) is 14.6. The molecule has 1 unspecified atom stereocenters. The molecule has 0 aliphatic carbocycles. The van der Waals surface area contributed by atoms with Crippen LogP contribution in [0.5, 0.6) is 0 Å². The maximum Gasteiger partial charge on any atom is 0.306 e. The molecule has 68 heavy (non-hydrogen) atoms. The van der Waals surface area contributed by atoms with Crippen molar-refractivity contribution < 1.29 is 28.6 Å². The van der Waals surface area contributed by atoms with Gasteiger partial charge in [-0.05, 0) is 31.1 Å². The van der Waals surface area contributed by atoms with E-state index in [0.29, 0.717) is 19.3 Å². The second kappa shape index (κ2) is 54.7. The maximum atomic E-state index is 12.7. The maximum absolute atomic E-state index is 12.7. The van der Waals surface area contributed by atoms with Crippen LogP contribution in [0.25, 0.3) is 0 Å². The fourth-order valence-electron chi connectivity index (χ4n) is 9.55. The van der Waals surface area contributed by atoms with Crippen LogP contribution in [0.1, 0.15) is 349 Å². The van der Waals surface area contributed by atoms with E-state index in [-0.39, 0.29) is 31.1 Å². The van der Waals surface area contributed by atoms with E-state index in [1.807, 2.05) is 0 Å². The summed E-state index contributed by atoms with van der Waals surface area (Å²) in [5.41, 5.74) is 0. The summed E-state index contributed by atoms with van der Waals surface area (Å²) in [7, 11) is 0. The Morgan fingerprint density at radius 2 is 0.559 bits per heavy atom. The fraction of sp³-hybridized carbons (Fsp3) is 0.952. The predicted molar refractivity (Wildman–Crippen MR) is 293 cm³/mol. The molecule has 0 spiro atoms. The number of unbranched alkanes of at least 4 members (excludes halogenated alkanes) is 40. The van der Waals surface area contributed by atoms with E-state index in [1.165, 1.54) is 238 Å². The lowest BCUT2D eigenvalue weighted by Crippen LogP contribution is -2.30. The minimum atomic E-state index is -0.761. The van der Waals surface area contributed by atoms with Gasteiger partial charge in [0, 0.05) is 19.3 Å². The number of carbonyl (C=O) groups is 3. The zero-order valence-electron chi connectivity index (χ0n) is 46.7. The quantitative estimate of drug-likeness (QED) is 0.0343. The molecule has 0 heterocycles. The van der Waals surface area contributed by atoms with Crippen molar-refractivity contribution in [1.82, 2.24) is 0 Å². The first kappa shape index (κ1) is 66.4. The number of hydrogen-bond acceptors (Lipinski definition) is 6. The summed E-state index contributed by atoms with van der Waals surface area (Å²) in [5.74, 6) is 0.926. The lowest BCUT2D eigenvalue weighted by molar-refractivity contribution is -0.167. The van der Waals surface area contributed by atoms with Crippen molar-refractivity contribution in [2.24, 2.45) is 11.8 Å². The average Bonchev–Trinajstić information content (AvgIpc) is 3.32. The van der Waals surface area contributed by atoms with E-state index in [9.17, 15) is 14.4 Å². The van der Waals surface area contributed by atoms with Crippen molar-refractivity contribution in [3.63, 3.8) is 0 Å². The zero-order valence-corrected chi connectivity index (χ0v) is 46.7. The summed E-state index contributed by atoms with van der Waals surface area (Å²) >= 11 is 0. The van der Waals surface area contributed by atoms with Gasteiger partial charge in [-0.2, -0.15) is 0 Å². The molecule has 0 bridgehead atoms. The van der Waals surface area contributed by atoms with Gasteiger partial charge >= 0.3 is 17.9 Å². The van der Waals surface area contributed by atoms with Gasteiger partial charge in [0.15, 0.2) is 6.10 Å². The van der Waals surface area contributed by atoms with Gasteiger partial charge in [0.25, 0.3) is 0 Å². The van der Waals surface area contributed by atoms with Crippen molar-refractivity contribution >= 4 is 17.9 Å². The summed E-state index contributed by atoms with van der Waals surface area (Å²) < 4.78 is 16.8. The molecule has 0 aromatic heterocycles. The van der Waals surface area contributed by atoms with Crippen LogP contribution in [-0.4, -0.2) is 37.2 Å². The Balaban J connectivity index is 4.05. The number of ether oxygens (including phenoxy) is 3. The normalized spacial score (nSPS) is 12.4. The molecule has 6 heteroatoms. The topological polar surface area (TPSA) is 78.9 Å². The van der Waals surface area contributed by atoms with Crippen molar-refractivity contribution in [2.75, 3.05) is 13.2 Å². The van der Waals surface area contributed by atoms with Crippen molar-refractivity contribution in [3.05, 3.63) is 0 Å². The first-order chi connectivity index (χ1) is 33.3. The first-order valence-electron chi connectivity index (χ1n) is 30.8. The van der Waals surface area contributed by atoms with Gasteiger partial charge in [-0.15, -0.1) is 0 Å². The van der Waals surface area contributed by atoms with E-state index in [1.54, 1.807) is 0 Å². The van der Waals surface area contributed by atoms with Crippen LogP contribution in [0.2, 0.25) is 0 Å². The summed E-state index contributed by atoms with van der Waals surface area (Å²) in [6, 6.07) is 0. The molecule has 0 N–H and O–H groups in total. The molecule has 0 fully saturated rings. The molecule has 6 nitrogen and oxygen atoms in total. The highest BCUT2D eigenvalue weighted by atomic mass is 16.6. The molecule has 0 amide bonds. The largest absolute Gasteiger partial charge is 0.462 e. The summed E-state index contributed by atoms with van der Waals surface area (Å²) in [4.78, 5) is 38.0. The molecule has 0 saturated heterocycles. The SMILES string of the molecule is CCCCCCCCCC(=O)O[C@H](COC(=O)CCCCCCCCCCCCCCCCCCCCC(C)C)COC(=O)CCCCCCCCCCCCCCCCCCCCC(C)CC. The van der Waals surface area contributed by atoms with Gasteiger partial charge in [-0.1, -0.05) is 311 Å². The highest BCUT2D eigenvalue weighted by Gasteiger charge is 2.19. The highest BCUT2D eigenvalue weighted by molar-refractivity contribution is 5.71. The third-order valence-corrected chi connectivity index (χ3v) is 14.6. The van der Waals surface area contributed by atoms with E-state index in [0.717, 1.165) is 69.6 Å². The van der Waals surface area contributed by atoms with Crippen LogP contribution in [0.4, 0.5) is 0 Å². The van der Waals surface area contributed by atoms with Gasteiger partial charge in [-0.3, -0.25) is 14.4 Å². The molecule has 0 aromatic rings. The second-order valence-electron chi connectivity index (χ2n) is 22.1. The van der Waals surface area contributed by atoms with Crippen LogP contribution >= 0.6 is 0 Å². The fourth-order valence-corrected chi connectivity index (χ4v) is 9.55. The predicted octanol–water partition coefficient (Wildman–Crippen LogP) is 20.4. The monoisotopic (exact) mass is 961 g/mol. The standard InChI is InChI=1S/C62H120O6/c1-6-8-9-10-35-44-49-54-62(65)68-59(55-66-60(63)52-47-42-38-33-29-25-21-17-13-11-15-19-23-27-31-36-40-45-50-57(3)4)56-67-61(64)53-48-43-39-34-30-26-22-18-14-12-16-20-24-28-32-37-41-46-51-58(5)7-2/h57-59H,6-56H2,1-5H3/t58?,59-/m1/s1. The molecule has 0 aliphatic rings. The Morgan fingerprint density at radius 3 is 0.838 bits per heavy atom. The van der Waals surface area contributed by atoms with E-state index in [2.05, 4.69) is 34.6 Å². The lowest BCUT2D eigenvalue weighted by atomic mass is 9.99. The van der Waals surface area contributed by atoms with E-state index < -0.39 is 6.10 Å². The average molecular weight is 962 g/mol. The van der Waals surface area contributed by atoms with Crippen LogP contribution in [0.15, 0.2) is 0 Å². The Morgan fingerprint density at radius 1 is 0.309 bits per heavy atom. The van der Waals surface area contributed by atoms with Crippen LogP contribution in [-0.2, 0) is 28.6 Å². The van der Waals surface area contributed by atoms with E-state index in [4.69, 9.17) is 14.2 Å². The number of rotatable bonds is 56. The van der Waals surface area contributed by atoms with E-state index >= 15 is 0 Å². The molecule has 0 aromatic carbocycles. The molecular formula is C62H120O6. The summed E-state index contributed by atoms with van der Waals surface area (Å²) in [5, 5.41) is 0. The van der Waals surface area contributed by atoms with Gasteiger partial charge < -0.3 is 14.2 Å². The van der Waals surface area contributed by atoms with Crippen molar-refractivity contribution in [1.29, 1.82) is 0 Å². The smallest absolute Gasteiger partial charge is 0.306 e. The minimum absolute atomic E-state index is 0.0630. The highest BCUT2D eigenvalue weighted by Crippen LogP contribution is 2.19. The molecule has 0 rings (SSSR count).